The van der Waals surface area contributed by atoms with Crippen molar-refractivity contribution in [1.82, 2.24) is 0 Å². The van der Waals surface area contributed by atoms with Crippen molar-refractivity contribution in [3.8, 4) is 11.5 Å². The number of likely N-dealkylation sites (N-methyl/N-ethyl adjacent to an activating group) is 1. The molecule has 0 radical (unpaired) electrons. The largest absolute Gasteiger partial charge is 0.493 e. The van der Waals surface area contributed by atoms with E-state index in [0.717, 1.165) is 28.3 Å². The highest BCUT2D eigenvalue weighted by molar-refractivity contribution is 5.79. The van der Waals surface area contributed by atoms with Gasteiger partial charge in [0.25, 0.3) is 0 Å². The zero-order chi connectivity index (χ0) is 16.0. The summed E-state index contributed by atoms with van der Waals surface area (Å²) in [5, 5.41) is 0. The summed E-state index contributed by atoms with van der Waals surface area (Å²) >= 11 is 0. The first-order valence-corrected chi connectivity index (χ1v) is 7.72. The molecule has 1 unspecified atom stereocenters. The Morgan fingerprint density at radius 2 is 1.83 bits per heavy atom. The number of anilines is 1. The van der Waals surface area contributed by atoms with Gasteiger partial charge in [0.15, 0.2) is 11.5 Å². The van der Waals surface area contributed by atoms with Crippen molar-refractivity contribution in [2.45, 2.75) is 12.6 Å². The van der Waals surface area contributed by atoms with E-state index in [-0.39, 0.29) is 0 Å². The Morgan fingerprint density at radius 3 is 2.65 bits per heavy atom. The molecule has 0 aliphatic carbocycles. The summed E-state index contributed by atoms with van der Waals surface area (Å²) in [6.07, 6.45) is 6.43. The minimum atomic E-state index is -0.615. The Kier molecular flexibility index (Phi) is 2.98. The van der Waals surface area contributed by atoms with Crippen LogP contribution in [0.15, 0.2) is 54.1 Å². The van der Waals surface area contributed by atoms with Crippen LogP contribution in [0.4, 0.5) is 5.69 Å². The predicted octanol–water partition coefficient (Wildman–Crippen LogP) is 4.35. The van der Waals surface area contributed by atoms with Gasteiger partial charge in [0.05, 0.1) is 7.11 Å². The summed E-state index contributed by atoms with van der Waals surface area (Å²) in [7, 11) is 3.74. The van der Waals surface area contributed by atoms with Crippen LogP contribution in [0, 0.1) is 0 Å². The standard InChI is InChI=1S/C20H19NO2/c1-14-13-16-7-4-5-9-17(16)21(2)20(14)12-11-15-8-6-10-18(22-3)19(15)23-20/h4-13H,1-3H3. The van der Waals surface area contributed by atoms with E-state index < -0.39 is 5.72 Å². The molecule has 2 aromatic carbocycles. The zero-order valence-electron chi connectivity index (χ0n) is 13.5. The number of ether oxygens (including phenoxy) is 2. The molecule has 0 bridgehead atoms. The molecule has 2 aromatic rings. The van der Waals surface area contributed by atoms with Gasteiger partial charge < -0.3 is 14.4 Å². The van der Waals surface area contributed by atoms with Crippen LogP contribution in [0.2, 0.25) is 0 Å². The minimum Gasteiger partial charge on any atom is -0.493 e. The molecular weight excluding hydrogens is 286 g/mol. The Bertz CT molecular complexity index is 837. The quantitative estimate of drug-likeness (QED) is 0.782. The SMILES string of the molecule is COc1cccc2c1OC1(C=C2)C(C)=Cc2ccccc2N1C. The lowest BCUT2D eigenvalue weighted by Gasteiger charge is -2.46. The molecule has 2 heterocycles. The highest BCUT2D eigenvalue weighted by atomic mass is 16.5. The summed E-state index contributed by atoms with van der Waals surface area (Å²) in [4.78, 5) is 2.18. The molecule has 23 heavy (non-hydrogen) atoms. The van der Waals surface area contributed by atoms with Gasteiger partial charge in [-0.1, -0.05) is 30.3 Å². The average Bonchev–Trinajstić information content (AvgIpc) is 2.59. The summed E-state index contributed by atoms with van der Waals surface area (Å²) < 4.78 is 12.0. The molecule has 116 valence electrons. The summed E-state index contributed by atoms with van der Waals surface area (Å²) in [6, 6.07) is 14.3. The molecule has 0 amide bonds. The number of para-hydroxylation sites is 2. The molecule has 1 spiro atoms. The molecule has 1 atom stereocenters. The van der Waals surface area contributed by atoms with Gasteiger partial charge in [0.1, 0.15) is 0 Å². The maximum absolute atomic E-state index is 6.51. The first-order valence-electron chi connectivity index (χ1n) is 7.72. The molecule has 2 aliphatic heterocycles. The first-order chi connectivity index (χ1) is 11.2. The van der Waals surface area contributed by atoms with Crippen molar-refractivity contribution < 1.29 is 9.47 Å². The van der Waals surface area contributed by atoms with E-state index in [0.29, 0.717) is 0 Å². The maximum atomic E-state index is 6.51. The van der Waals surface area contributed by atoms with Crippen LogP contribution < -0.4 is 14.4 Å². The number of rotatable bonds is 1. The van der Waals surface area contributed by atoms with Crippen molar-refractivity contribution in [1.29, 1.82) is 0 Å². The van der Waals surface area contributed by atoms with Crippen LogP contribution in [0.5, 0.6) is 11.5 Å². The van der Waals surface area contributed by atoms with Gasteiger partial charge in [0.2, 0.25) is 5.72 Å². The molecule has 0 fully saturated rings. The van der Waals surface area contributed by atoms with Crippen molar-refractivity contribution in [2.24, 2.45) is 0 Å². The number of nitrogens with zero attached hydrogens (tertiary/aromatic N) is 1. The van der Waals surface area contributed by atoms with Crippen molar-refractivity contribution in [3.63, 3.8) is 0 Å². The van der Waals surface area contributed by atoms with Crippen molar-refractivity contribution in [2.75, 3.05) is 19.1 Å². The van der Waals surface area contributed by atoms with Crippen LogP contribution in [0.3, 0.4) is 0 Å². The zero-order valence-corrected chi connectivity index (χ0v) is 13.5. The van der Waals surface area contributed by atoms with E-state index in [4.69, 9.17) is 9.47 Å². The summed E-state index contributed by atoms with van der Waals surface area (Å²) in [5.41, 5.74) is 3.93. The lowest BCUT2D eigenvalue weighted by Crippen LogP contribution is -2.53. The summed E-state index contributed by atoms with van der Waals surface area (Å²) in [5.74, 6) is 1.54. The van der Waals surface area contributed by atoms with Crippen molar-refractivity contribution >= 4 is 17.8 Å². The predicted molar refractivity (Wildman–Crippen MR) is 93.9 cm³/mol. The average molecular weight is 305 g/mol. The van der Waals surface area contributed by atoms with Crippen LogP contribution in [-0.2, 0) is 0 Å². The molecule has 3 heteroatoms. The van der Waals surface area contributed by atoms with Gasteiger partial charge in [-0.15, -0.1) is 0 Å². The molecule has 0 saturated heterocycles. The second kappa shape index (κ2) is 4.92. The topological polar surface area (TPSA) is 21.7 Å². The lowest BCUT2D eigenvalue weighted by molar-refractivity contribution is 0.149. The van der Waals surface area contributed by atoms with E-state index >= 15 is 0 Å². The fraction of sp³-hybridized carbons (Fsp3) is 0.200. The number of benzene rings is 2. The minimum absolute atomic E-state index is 0.615. The molecule has 0 aromatic heterocycles. The Labute approximate surface area is 136 Å². The highest BCUT2D eigenvalue weighted by Gasteiger charge is 2.42. The Morgan fingerprint density at radius 1 is 1.04 bits per heavy atom. The van der Waals surface area contributed by atoms with Gasteiger partial charge in [-0.25, -0.2) is 0 Å². The molecule has 4 rings (SSSR count). The number of fused-ring (bicyclic) bond motifs is 2. The first kappa shape index (κ1) is 13.9. The number of hydrogen-bond acceptors (Lipinski definition) is 3. The fourth-order valence-electron chi connectivity index (χ4n) is 3.41. The highest BCUT2D eigenvalue weighted by Crippen LogP contribution is 2.46. The molecule has 0 N–H and O–H groups in total. The maximum Gasteiger partial charge on any atom is 0.225 e. The van der Waals surface area contributed by atoms with Crippen LogP contribution in [-0.4, -0.2) is 19.9 Å². The Hall–Kier alpha value is -2.68. The lowest BCUT2D eigenvalue weighted by atomic mass is 9.90. The second-order valence-electron chi connectivity index (χ2n) is 5.96. The van der Waals surface area contributed by atoms with E-state index in [1.54, 1.807) is 7.11 Å². The van der Waals surface area contributed by atoms with E-state index in [9.17, 15) is 0 Å². The third kappa shape index (κ3) is 1.89. The third-order valence-electron chi connectivity index (χ3n) is 4.71. The monoisotopic (exact) mass is 305 g/mol. The van der Waals surface area contributed by atoms with E-state index in [2.05, 4.69) is 61.4 Å². The van der Waals surface area contributed by atoms with E-state index in [1.807, 2.05) is 18.2 Å². The smallest absolute Gasteiger partial charge is 0.225 e. The number of methoxy groups -OCH3 is 1. The van der Waals surface area contributed by atoms with Gasteiger partial charge in [-0.2, -0.15) is 0 Å². The van der Waals surface area contributed by atoms with Gasteiger partial charge >= 0.3 is 0 Å². The third-order valence-corrected chi connectivity index (χ3v) is 4.71. The normalized spacial score (nSPS) is 21.3. The van der Waals surface area contributed by atoms with Gasteiger partial charge in [-0.05, 0) is 48.4 Å². The molecular formula is C20H19NO2. The van der Waals surface area contributed by atoms with E-state index in [1.165, 1.54) is 5.56 Å². The van der Waals surface area contributed by atoms with Crippen LogP contribution >= 0.6 is 0 Å². The fourth-order valence-corrected chi connectivity index (χ4v) is 3.41. The van der Waals surface area contributed by atoms with Crippen molar-refractivity contribution in [3.05, 3.63) is 65.2 Å². The summed E-state index contributed by atoms with van der Waals surface area (Å²) in [6.45, 7) is 2.11. The van der Waals surface area contributed by atoms with Gasteiger partial charge in [-0.3, -0.25) is 0 Å². The molecule has 3 nitrogen and oxygen atoms in total. The number of hydrogen-bond donors (Lipinski definition) is 0. The van der Waals surface area contributed by atoms with Crippen LogP contribution in [0.1, 0.15) is 18.1 Å². The van der Waals surface area contributed by atoms with Gasteiger partial charge in [0, 0.05) is 18.3 Å². The molecule has 0 saturated carbocycles. The van der Waals surface area contributed by atoms with Crippen LogP contribution in [0.25, 0.3) is 12.2 Å². The Balaban J connectivity index is 1.88. The molecule has 2 aliphatic rings. The second-order valence-corrected chi connectivity index (χ2v) is 5.96.